The van der Waals surface area contributed by atoms with E-state index in [0.29, 0.717) is 12.5 Å². The van der Waals surface area contributed by atoms with Crippen molar-refractivity contribution in [2.24, 2.45) is 0 Å². The highest BCUT2D eigenvalue weighted by molar-refractivity contribution is 5.34. The third kappa shape index (κ3) is 4.07. The third-order valence-electron chi connectivity index (χ3n) is 6.06. The van der Waals surface area contributed by atoms with E-state index < -0.39 is 29.0 Å². The summed E-state index contributed by atoms with van der Waals surface area (Å²) in [5.41, 5.74) is -2.23. The quantitative estimate of drug-likeness (QED) is 0.598. The predicted octanol–water partition coefficient (Wildman–Crippen LogP) is 6.05. The zero-order chi connectivity index (χ0) is 21.6. The molecule has 0 amide bonds. The van der Waals surface area contributed by atoms with Gasteiger partial charge in [0.2, 0.25) is 0 Å². The van der Waals surface area contributed by atoms with Gasteiger partial charge in [-0.25, -0.2) is 0 Å². The SMILES string of the molecule is FC(F)(F)c1cc(CO[C@@H]2CC[C@H]3CC[C@]2(c2ccccc2)N3)cc(C(F)(F)F)c1. The molecule has 0 spiro atoms. The van der Waals surface area contributed by atoms with Gasteiger partial charge < -0.3 is 10.1 Å². The van der Waals surface area contributed by atoms with Crippen LogP contribution in [0.15, 0.2) is 48.5 Å². The number of alkyl halides is 6. The molecule has 162 valence electrons. The van der Waals surface area contributed by atoms with Gasteiger partial charge in [-0.3, -0.25) is 0 Å². The van der Waals surface area contributed by atoms with Crippen molar-refractivity contribution in [1.82, 2.24) is 5.32 Å². The minimum Gasteiger partial charge on any atom is -0.371 e. The summed E-state index contributed by atoms with van der Waals surface area (Å²) in [5, 5.41) is 3.59. The zero-order valence-electron chi connectivity index (χ0n) is 16.0. The van der Waals surface area contributed by atoms with E-state index in [1.54, 1.807) is 0 Å². The predicted molar refractivity (Wildman–Crippen MR) is 98.5 cm³/mol. The summed E-state index contributed by atoms with van der Waals surface area (Å²) in [5.74, 6) is 0. The lowest BCUT2D eigenvalue weighted by Crippen LogP contribution is -2.54. The van der Waals surface area contributed by atoms with Crippen molar-refractivity contribution in [2.75, 3.05) is 0 Å². The first-order chi connectivity index (χ1) is 14.1. The first-order valence-corrected chi connectivity index (χ1v) is 9.81. The standard InChI is InChI=1S/C22H21F6NO/c23-21(24,25)16-10-14(11-17(12-16)22(26,27)28)13-30-19-7-6-18-8-9-20(19,29-18)15-4-2-1-3-5-15/h1-5,10-12,18-19,29H,6-9,13H2/t18-,19+,20+/m0/s1. The van der Waals surface area contributed by atoms with E-state index in [4.69, 9.17) is 4.74 Å². The van der Waals surface area contributed by atoms with Gasteiger partial charge in [0, 0.05) is 6.04 Å². The van der Waals surface area contributed by atoms with E-state index in [2.05, 4.69) is 5.32 Å². The van der Waals surface area contributed by atoms with Crippen molar-refractivity contribution in [3.05, 3.63) is 70.8 Å². The van der Waals surface area contributed by atoms with Gasteiger partial charge in [-0.2, -0.15) is 26.3 Å². The Labute approximate surface area is 170 Å². The fraction of sp³-hybridized carbons (Fsp3) is 0.455. The van der Waals surface area contributed by atoms with Gasteiger partial charge in [0.05, 0.1) is 29.4 Å². The van der Waals surface area contributed by atoms with Crippen LogP contribution in [0.2, 0.25) is 0 Å². The minimum atomic E-state index is -4.87. The largest absolute Gasteiger partial charge is 0.416 e. The Morgan fingerprint density at radius 2 is 1.50 bits per heavy atom. The van der Waals surface area contributed by atoms with Crippen LogP contribution in [-0.2, 0) is 29.2 Å². The van der Waals surface area contributed by atoms with E-state index in [9.17, 15) is 26.3 Å². The fourth-order valence-corrected chi connectivity index (χ4v) is 4.65. The molecule has 2 aliphatic rings. The van der Waals surface area contributed by atoms with Crippen molar-refractivity contribution in [3.8, 4) is 0 Å². The molecule has 2 heterocycles. The highest BCUT2D eigenvalue weighted by Gasteiger charge is 2.50. The summed E-state index contributed by atoms with van der Waals surface area (Å²) in [6, 6.07) is 11.6. The number of rotatable bonds is 4. The summed E-state index contributed by atoms with van der Waals surface area (Å²) in [6.45, 7) is -0.321. The molecule has 4 rings (SSSR count). The first kappa shape index (κ1) is 21.2. The Morgan fingerprint density at radius 3 is 2.10 bits per heavy atom. The lowest BCUT2D eigenvalue weighted by molar-refractivity contribution is -0.143. The highest BCUT2D eigenvalue weighted by atomic mass is 19.4. The van der Waals surface area contributed by atoms with E-state index in [1.165, 1.54) is 0 Å². The number of hydrogen-bond donors (Lipinski definition) is 1. The van der Waals surface area contributed by atoms with Crippen LogP contribution in [-0.4, -0.2) is 12.1 Å². The van der Waals surface area contributed by atoms with Crippen LogP contribution >= 0.6 is 0 Å². The average Bonchev–Trinajstić information content (AvgIpc) is 3.05. The molecule has 8 heteroatoms. The average molecular weight is 429 g/mol. The van der Waals surface area contributed by atoms with Crippen LogP contribution in [0.5, 0.6) is 0 Å². The summed E-state index contributed by atoms with van der Waals surface area (Å²) in [4.78, 5) is 0. The third-order valence-corrected chi connectivity index (χ3v) is 6.06. The lowest BCUT2D eigenvalue weighted by Gasteiger charge is -2.42. The minimum absolute atomic E-state index is 0.138. The summed E-state index contributed by atoms with van der Waals surface area (Å²) in [7, 11) is 0. The van der Waals surface area contributed by atoms with Crippen LogP contribution in [0.25, 0.3) is 0 Å². The molecule has 2 nitrogen and oxygen atoms in total. The summed E-state index contributed by atoms with van der Waals surface area (Å²) >= 11 is 0. The van der Waals surface area contributed by atoms with Crippen molar-refractivity contribution in [1.29, 1.82) is 0 Å². The molecule has 0 radical (unpaired) electrons. The Balaban J connectivity index is 1.61. The smallest absolute Gasteiger partial charge is 0.371 e. The van der Waals surface area contributed by atoms with Gasteiger partial charge in [-0.05, 0) is 55.0 Å². The second-order valence-corrected chi connectivity index (χ2v) is 8.01. The molecule has 0 unspecified atom stereocenters. The molecule has 3 atom stereocenters. The molecular weight excluding hydrogens is 408 g/mol. The number of hydrogen-bond acceptors (Lipinski definition) is 2. The van der Waals surface area contributed by atoms with Crippen LogP contribution in [0.3, 0.4) is 0 Å². The van der Waals surface area contributed by atoms with Crippen molar-refractivity contribution < 1.29 is 31.1 Å². The molecule has 2 bridgehead atoms. The molecule has 30 heavy (non-hydrogen) atoms. The first-order valence-electron chi connectivity index (χ1n) is 9.81. The van der Waals surface area contributed by atoms with Crippen LogP contribution in [0, 0.1) is 0 Å². The monoisotopic (exact) mass is 429 g/mol. The zero-order valence-corrected chi connectivity index (χ0v) is 16.0. The maximum atomic E-state index is 13.1. The van der Waals surface area contributed by atoms with E-state index in [-0.39, 0.29) is 24.3 Å². The van der Waals surface area contributed by atoms with Gasteiger partial charge in [0.25, 0.3) is 0 Å². The van der Waals surface area contributed by atoms with E-state index in [1.807, 2.05) is 30.3 Å². The molecule has 1 N–H and O–H groups in total. The number of halogens is 6. The van der Waals surface area contributed by atoms with Crippen molar-refractivity contribution in [2.45, 2.75) is 62.3 Å². The molecule has 2 aromatic rings. The Hall–Kier alpha value is -2.06. The molecule has 2 saturated heterocycles. The van der Waals surface area contributed by atoms with Gasteiger partial charge in [-0.1, -0.05) is 30.3 Å². The van der Waals surface area contributed by atoms with Crippen molar-refractivity contribution >= 4 is 0 Å². The molecule has 0 aliphatic carbocycles. The Morgan fingerprint density at radius 1 is 0.867 bits per heavy atom. The molecule has 0 aromatic heterocycles. The summed E-state index contributed by atoms with van der Waals surface area (Å²) < 4.78 is 84.7. The van der Waals surface area contributed by atoms with Gasteiger partial charge in [0.1, 0.15) is 0 Å². The maximum Gasteiger partial charge on any atom is 0.416 e. The topological polar surface area (TPSA) is 21.3 Å². The van der Waals surface area contributed by atoms with Gasteiger partial charge in [0.15, 0.2) is 0 Å². The normalized spacial score (nSPS) is 26.7. The van der Waals surface area contributed by atoms with Crippen LogP contribution < -0.4 is 5.32 Å². The highest BCUT2D eigenvalue weighted by Crippen LogP contribution is 2.45. The van der Waals surface area contributed by atoms with Crippen molar-refractivity contribution in [3.63, 3.8) is 0 Å². The Bertz CT molecular complexity index is 862. The van der Waals surface area contributed by atoms with E-state index in [0.717, 1.165) is 37.0 Å². The molecule has 2 aromatic carbocycles. The number of benzene rings is 2. The molecule has 0 saturated carbocycles. The van der Waals surface area contributed by atoms with Crippen LogP contribution in [0.4, 0.5) is 26.3 Å². The van der Waals surface area contributed by atoms with Gasteiger partial charge in [-0.15, -0.1) is 0 Å². The van der Waals surface area contributed by atoms with E-state index >= 15 is 0 Å². The Kier molecular flexibility index (Phi) is 5.34. The second kappa shape index (κ2) is 7.57. The molecule has 2 aliphatic heterocycles. The fourth-order valence-electron chi connectivity index (χ4n) is 4.65. The van der Waals surface area contributed by atoms with Gasteiger partial charge >= 0.3 is 12.4 Å². The molecule has 2 fully saturated rings. The number of piperidine rings is 1. The number of fused-ring (bicyclic) bond motifs is 2. The maximum absolute atomic E-state index is 13.1. The number of nitrogens with one attached hydrogen (secondary N) is 1. The van der Waals surface area contributed by atoms with Crippen LogP contribution in [0.1, 0.15) is 47.9 Å². The molecular formula is C22H21F6NO. The number of ether oxygens (including phenoxy) is 1. The lowest BCUT2D eigenvalue weighted by atomic mass is 9.80. The second-order valence-electron chi connectivity index (χ2n) is 8.01. The summed E-state index contributed by atoms with van der Waals surface area (Å²) in [6.07, 6.45) is -6.77.